The Morgan fingerprint density at radius 2 is 2.00 bits per heavy atom. The summed E-state index contributed by atoms with van der Waals surface area (Å²) in [6.07, 6.45) is 1.48. The molecule has 1 saturated heterocycles. The first-order valence-electron chi connectivity index (χ1n) is 10.5. The number of aliphatic hydroxyl groups is 3. The molecule has 0 amide bonds. The minimum atomic E-state index is -1.18. The van der Waals surface area contributed by atoms with Gasteiger partial charge in [-0.15, -0.1) is 0 Å². The Bertz CT molecular complexity index is 916. The molecule has 5 aliphatic rings. The zero-order valence-electron chi connectivity index (χ0n) is 16.1. The lowest BCUT2D eigenvalue weighted by Crippen LogP contribution is -2.80. The molecule has 1 aliphatic heterocycles. The van der Waals surface area contributed by atoms with Crippen LogP contribution in [-0.4, -0.2) is 68.6 Å². The number of carbonyl (C=O) groups is 1. The van der Waals surface area contributed by atoms with Crippen molar-refractivity contribution < 1.29 is 29.7 Å². The van der Waals surface area contributed by atoms with Crippen LogP contribution in [0.3, 0.4) is 0 Å². The van der Waals surface area contributed by atoms with Crippen molar-refractivity contribution in [2.24, 2.45) is 11.8 Å². The number of hydrogen-bond acceptors (Lipinski definition) is 5. The average Bonchev–Trinajstić information content (AvgIpc) is 3.18. The molecule has 1 aromatic carbocycles. The Kier molecular flexibility index (Phi) is 3.09. The molecule has 4 N–H and O–H groups in total. The summed E-state index contributed by atoms with van der Waals surface area (Å²) in [5, 5.41) is 44.2. The Balaban J connectivity index is 1.60. The number of aliphatic hydroxyl groups excluding tert-OH is 2. The predicted octanol–water partition coefficient (Wildman–Crippen LogP) is 0.543. The lowest BCUT2D eigenvalue weighted by molar-refractivity contribution is -0.955. The second-order valence-corrected chi connectivity index (χ2v) is 10.2. The molecule has 2 saturated carbocycles. The van der Waals surface area contributed by atoms with Gasteiger partial charge in [-0.2, -0.15) is 0 Å². The summed E-state index contributed by atoms with van der Waals surface area (Å²) < 4.78 is 0.525. The zero-order valence-corrected chi connectivity index (χ0v) is 16.1. The van der Waals surface area contributed by atoms with E-state index >= 15 is 0 Å². The number of likely N-dealkylation sites (N-methyl/N-ethyl adjacent to an activating group) is 1. The van der Waals surface area contributed by atoms with Gasteiger partial charge in [0.25, 0.3) is 0 Å². The molecule has 6 heteroatoms. The number of carbonyl (C=O) groups excluding carboxylic acids is 1. The van der Waals surface area contributed by atoms with Crippen LogP contribution < -0.4 is 0 Å². The number of phenols is 1. The normalized spacial score (nSPS) is 50.4. The fourth-order valence-corrected chi connectivity index (χ4v) is 7.76. The van der Waals surface area contributed by atoms with Crippen molar-refractivity contribution in [3.63, 3.8) is 0 Å². The fourth-order valence-electron chi connectivity index (χ4n) is 7.76. The first-order chi connectivity index (χ1) is 13.2. The highest BCUT2D eigenvalue weighted by Gasteiger charge is 2.77. The molecule has 3 unspecified atom stereocenters. The second kappa shape index (κ2) is 4.98. The number of piperidine rings is 1. The predicted molar refractivity (Wildman–Crippen MR) is 99.6 cm³/mol. The van der Waals surface area contributed by atoms with Crippen LogP contribution in [0.1, 0.15) is 48.5 Å². The summed E-state index contributed by atoms with van der Waals surface area (Å²) in [7, 11) is 2.09. The van der Waals surface area contributed by atoms with Crippen molar-refractivity contribution in [3.8, 4) is 5.75 Å². The van der Waals surface area contributed by atoms with E-state index in [1.165, 1.54) is 0 Å². The zero-order chi connectivity index (χ0) is 19.6. The van der Waals surface area contributed by atoms with E-state index < -0.39 is 23.2 Å². The molecule has 4 aliphatic carbocycles. The number of hydrogen-bond donors (Lipinski definition) is 4. The van der Waals surface area contributed by atoms with Gasteiger partial charge in [-0.1, -0.05) is 6.07 Å². The van der Waals surface area contributed by atoms with Crippen LogP contribution in [0.4, 0.5) is 0 Å². The van der Waals surface area contributed by atoms with Crippen molar-refractivity contribution in [1.29, 1.82) is 0 Å². The lowest BCUT2D eigenvalue weighted by Gasteiger charge is -2.66. The van der Waals surface area contributed by atoms with E-state index in [4.69, 9.17) is 0 Å². The maximum absolute atomic E-state index is 13.0. The van der Waals surface area contributed by atoms with E-state index in [0.717, 1.165) is 36.2 Å². The van der Waals surface area contributed by atoms with Gasteiger partial charge in [0.15, 0.2) is 0 Å². The van der Waals surface area contributed by atoms with Gasteiger partial charge in [-0.25, -0.2) is 0 Å². The standard InChI is InChI=1S/C22H27NO5/c1-23(10-11-8-17(11)26)7-6-21-14-9-13-15(24)3-2-12(18(13)21)19(27)20(23)22(21,28)5-4-16(14)25/h2-3,11,14,17,19-20,26-28H,4-10H2,1H3/p+1/t11?,14-,17?,19?,20+,21+,22+,23+/m0/s1. The van der Waals surface area contributed by atoms with Gasteiger partial charge in [-0.3, -0.25) is 4.79 Å². The molecule has 3 fully saturated rings. The first kappa shape index (κ1) is 17.4. The van der Waals surface area contributed by atoms with Gasteiger partial charge in [0, 0.05) is 30.1 Å². The summed E-state index contributed by atoms with van der Waals surface area (Å²) in [6, 6.07) is 2.99. The number of benzene rings is 1. The van der Waals surface area contributed by atoms with Crippen LogP contribution >= 0.6 is 0 Å². The number of Topliss-reactive ketones (excluding diaryl/α,β-unsaturated/α-hetero) is 1. The quantitative estimate of drug-likeness (QED) is 0.557. The third-order valence-corrected chi connectivity index (χ3v) is 9.02. The molecule has 1 heterocycles. The number of rotatable bonds is 2. The van der Waals surface area contributed by atoms with Crippen molar-refractivity contribution >= 4 is 5.78 Å². The molecular weight excluding hydrogens is 358 g/mol. The highest BCUT2D eigenvalue weighted by molar-refractivity contribution is 5.87. The molecule has 6 rings (SSSR count). The Hall–Kier alpha value is -1.47. The molecule has 0 radical (unpaired) electrons. The molecule has 0 aromatic heterocycles. The number of phenolic OH excluding ortho intramolecular Hbond substituents is 1. The van der Waals surface area contributed by atoms with Gasteiger partial charge in [0.05, 0.1) is 26.2 Å². The van der Waals surface area contributed by atoms with Crippen LogP contribution in [0.2, 0.25) is 0 Å². The van der Waals surface area contributed by atoms with E-state index in [0.29, 0.717) is 30.2 Å². The Morgan fingerprint density at radius 1 is 1.25 bits per heavy atom. The fraction of sp³-hybridized carbons (Fsp3) is 0.682. The smallest absolute Gasteiger partial charge is 0.149 e. The average molecular weight is 386 g/mol. The van der Waals surface area contributed by atoms with Crippen LogP contribution in [0.5, 0.6) is 5.75 Å². The minimum absolute atomic E-state index is 0.173. The third kappa shape index (κ3) is 1.73. The highest BCUT2D eigenvalue weighted by atomic mass is 16.3. The molecule has 6 nitrogen and oxygen atoms in total. The maximum Gasteiger partial charge on any atom is 0.149 e. The number of ketones is 1. The van der Waals surface area contributed by atoms with Crippen LogP contribution in [0, 0.1) is 11.8 Å². The van der Waals surface area contributed by atoms with Crippen molar-refractivity contribution in [1.82, 2.24) is 0 Å². The van der Waals surface area contributed by atoms with E-state index in [1.807, 2.05) is 0 Å². The van der Waals surface area contributed by atoms with Crippen molar-refractivity contribution in [2.75, 3.05) is 20.1 Å². The Morgan fingerprint density at radius 3 is 2.71 bits per heavy atom. The monoisotopic (exact) mass is 386 g/mol. The van der Waals surface area contributed by atoms with Gasteiger partial charge in [0.2, 0.25) is 0 Å². The van der Waals surface area contributed by atoms with E-state index in [1.54, 1.807) is 12.1 Å². The highest BCUT2D eigenvalue weighted by Crippen LogP contribution is 2.68. The van der Waals surface area contributed by atoms with Crippen LogP contribution in [-0.2, 0) is 16.6 Å². The molecule has 150 valence electrons. The molecule has 1 spiro atoms. The number of aromatic hydroxyl groups is 1. The largest absolute Gasteiger partial charge is 0.508 e. The molecule has 8 atom stereocenters. The summed E-state index contributed by atoms with van der Waals surface area (Å²) >= 11 is 0. The lowest BCUT2D eigenvalue weighted by atomic mass is 9.47. The Labute approximate surface area is 164 Å². The molecule has 2 bridgehead atoms. The molecule has 28 heavy (non-hydrogen) atoms. The van der Waals surface area contributed by atoms with E-state index in [-0.39, 0.29) is 29.5 Å². The first-order valence-corrected chi connectivity index (χ1v) is 10.5. The van der Waals surface area contributed by atoms with Gasteiger partial charge in [0.1, 0.15) is 29.3 Å². The SMILES string of the molecule is C[N@+]1(CC2CC2O)CC[C@]23c4c5ccc(O)c4C[C@H]2C(=O)CC[C@@]3(O)[C@H]1C5O. The van der Waals surface area contributed by atoms with Gasteiger partial charge in [-0.05, 0) is 42.0 Å². The summed E-state index contributed by atoms with van der Waals surface area (Å²) in [5.41, 5.74) is 0.511. The molecular formula is C22H28NO5+. The minimum Gasteiger partial charge on any atom is -0.508 e. The summed E-state index contributed by atoms with van der Waals surface area (Å²) in [4.78, 5) is 13.0. The molecule has 1 aromatic rings. The topological polar surface area (TPSA) is 98.0 Å². The number of nitrogens with zero attached hydrogens (tertiary/aromatic N) is 1. The van der Waals surface area contributed by atoms with Crippen molar-refractivity contribution in [2.45, 2.75) is 61.4 Å². The second-order valence-electron chi connectivity index (χ2n) is 10.2. The maximum atomic E-state index is 13.0. The van der Waals surface area contributed by atoms with Crippen LogP contribution in [0.15, 0.2) is 12.1 Å². The number of likely N-dealkylation sites (tertiary alicyclic amines) is 1. The summed E-state index contributed by atoms with van der Waals surface area (Å²) in [5.74, 6) is 0.252. The number of quaternary nitrogens is 1. The third-order valence-electron chi connectivity index (χ3n) is 9.02. The van der Waals surface area contributed by atoms with E-state index in [9.17, 15) is 25.2 Å². The summed E-state index contributed by atoms with van der Waals surface area (Å²) in [6.45, 7) is 1.49. The van der Waals surface area contributed by atoms with Gasteiger partial charge < -0.3 is 24.9 Å². The van der Waals surface area contributed by atoms with Gasteiger partial charge >= 0.3 is 0 Å². The van der Waals surface area contributed by atoms with Crippen LogP contribution in [0.25, 0.3) is 0 Å². The van der Waals surface area contributed by atoms with E-state index in [2.05, 4.69) is 7.05 Å². The van der Waals surface area contributed by atoms with Crippen molar-refractivity contribution in [3.05, 3.63) is 28.8 Å².